The van der Waals surface area contributed by atoms with Gasteiger partial charge >= 0.3 is 0 Å². The molecule has 0 saturated heterocycles. The number of halogens is 1. The van der Waals surface area contributed by atoms with E-state index in [2.05, 4.69) is 15.5 Å². The number of hydrogen-bond acceptors (Lipinski definition) is 4. The number of aromatic hydroxyl groups is 1. The van der Waals surface area contributed by atoms with E-state index >= 15 is 0 Å². The first-order valence-electron chi connectivity index (χ1n) is 6.17. The summed E-state index contributed by atoms with van der Waals surface area (Å²) in [6.07, 6.45) is 0. The molecule has 0 atom stereocenters. The Balaban J connectivity index is 1.88. The lowest BCUT2D eigenvalue weighted by Crippen LogP contribution is -2.03. The van der Waals surface area contributed by atoms with Crippen LogP contribution in [0.25, 0.3) is 10.8 Å². The lowest BCUT2D eigenvalue weighted by atomic mass is 10.2. The topological polar surface area (TPSA) is 58.0 Å². The van der Waals surface area contributed by atoms with Gasteiger partial charge in [0, 0.05) is 17.3 Å². The van der Waals surface area contributed by atoms with Crippen LogP contribution in [0.2, 0.25) is 5.15 Å². The molecule has 4 nitrogen and oxygen atoms in total. The number of phenolic OH excluding ortho intramolecular Hbond substituents is 1. The summed E-state index contributed by atoms with van der Waals surface area (Å²) in [5.74, 6) is 0.948. The molecule has 0 spiro atoms. The van der Waals surface area contributed by atoms with E-state index in [-0.39, 0.29) is 5.75 Å². The standard InChI is InChI=1S/C15H12ClN3O/c16-14-12-3-1-2-4-13(12)15(19-18-14)17-9-10-5-7-11(20)8-6-10/h1-8,20H,9H2,(H,17,19). The third-order valence-electron chi connectivity index (χ3n) is 3.04. The molecule has 0 aliphatic rings. The fourth-order valence-electron chi connectivity index (χ4n) is 2.00. The van der Waals surface area contributed by atoms with E-state index in [9.17, 15) is 5.11 Å². The summed E-state index contributed by atoms with van der Waals surface area (Å²) in [6, 6.07) is 14.7. The van der Waals surface area contributed by atoms with Crippen LogP contribution in [0, 0.1) is 0 Å². The zero-order valence-electron chi connectivity index (χ0n) is 10.5. The van der Waals surface area contributed by atoms with Crippen LogP contribution in [0.3, 0.4) is 0 Å². The van der Waals surface area contributed by atoms with Gasteiger partial charge < -0.3 is 10.4 Å². The minimum atomic E-state index is 0.255. The summed E-state index contributed by atoms with van der Waals surface area (Å²) in [5.41, 5.74) is 1.05. The Morgan fingerprint density at radius 1 is 0.950 bits per heavy atom. The van der Waals surface area contributed by atoms with Gasteiger partial charge in [-0.15, -0.1) is 10.2 Å². The van der Waals surface area contributed by atoms with Crippen LogP contribution < -0.4 is 5.32 Å². The first kappa shape index (κ1) is 12.7. The van der Waals surface area contributed by atoms with Crippen LogP contribution in [0.4, 0.5) is 5.82 Å². The number of phenols is 1. The van der Waals surface area contributed by atoms with Crippen LogP contribution in [0.5, 0.6) is 5.75 Å². The lowest BCUT2D eigenvalue weighted by molar-refractivity contribution is 0.475. The zero-order chi connectivity index (χ0) is 13.9. The summed E-state index contributed by atoms with van der Waals surface area (Å²) in [5, 5.41) is 22.7. The average Bonchev–Trinajstić information content (AvgIpc) is 2.49. The van der Waals surface area contributed by atoms with Crippen LogP contribution in [0.15, 0.2) is 48.5 Å². The quantitative estimate of drug-likeness (QED) is 0.772. The van der Waals surface area contributed by atoms with E-state index in [0.29, 0.717) is 17.5 Å². The largest absolute Gasteiger partial charge is 0.508 e. The minimum Gasteiger partial charge on any atom is -0.508 e. The molecule has 0 bridgehead atoms. The molecule has 3 aromatic rings. The molecule has 2 N–H and O–H groups in total. The van der Waals surface area contributed by atoms with Gasteiger partial charge in [-0.1, -0.05) is 48.0 Å². The van der Waals surface area contributed by atoms with Gasteiger partial charge in [0.1, 0.15) is 5.75 Å². The number of aromatic nitrogens is 2. The summed E-state index contributed by atoms with van der Waals surface area (Å²) in [6.45, 7) is 0.598. The van der Waals surface area contributed by atoms with Crippen molar-refractivity contribution in [2.24, 2.45) is 0 Å². The fourth-order valence-corrected chi connectivity index (χ4v) is 2.20. The number of hydrogen-bond donors (Lipinski definition) is 2. The van der Waals surface area contributed by atoms with E-state index in [4.69, 9.17) is 11.6 Å². The minimum absolute atomic E-state index is 0.255. The van der Waals surface area contributed by atoms with E-state index < -0.39 is 0 Å². The maximum absolute atomic E-state index is 9.26. The second-order valence-electron chi connectivity index (χ2n) is 4.41. The molecule has 0 unspecified atom stereocenters. The zero-order valence-corrected chi connectivity index (χ0v) is 11.3. The Bertz CT molecular complexity index is 744. The maximum atomic E-state index is 9.26. The molecule has 0 radical (unpaired) electrons. The molecular formula is C15H12ClN3O. The van der Waals surface area contributed by atoms with Crippen LogP contribution in [-0.2, 0) is 6.54 Å². The third-order valence-corrected chi connectivity index (χ3v) is 3.32. The molecule has 0 amide bonds. The van der Waals surface area contributed by atoms with E-state index in [0.717, 1.165) is 16.3 Å². The van der Waals surface area contributed by atoms with Crippen LogP contribution >= 0.6 is 11.6 Å². The van der Waals surface area contributed by atoms with Crippen molar-refractivity contribution < 1.29 is 5.11 Å². The molecule has 1 heterocycles. The van der Waals surface area contributed by atoms with Gasteiger partial charge in [0.05, 0.1) is 0 Å². The van der Waals surface area contributed by atoms with Crippen molar-refractivity contribution in [3.8, 4) is 5.75 Å². The van der Waals surface area contributed by atoms with Crippen molar-refractivity contribution in [1.29, 1.82) is 0 Å². The molecule has 100 valence electrons. The Morgan fingerprint density at radius 3 is 2.40 bits per heavy atom. The van der Waals surface area contributed by atoms with Gasteiger partial charge in [-0.2, -0.15) is 0 Å². The smallest absolute Gasteiger partial charge is 0.159 e. The highest BCUT2D eigenvalue weighted by molar-refractivity contribution is 6.34. The predicted octanol–water partition coefficient (Wildman–Crippen LogP) is 3.60. The Morgan fingerprint density at radius 2 is 1.65 bits per heavy atom. The molecule has 0 fully saturated rings. The van der Waals surface area contributed by atoms with Gasteiger partial charge in [0.2, 0.25) is 0 Å². The SMILES string of the molecule is Oc1ccc(CNc2nnc(Cl)c3ccccc23)cc1. The van der Waals surface area contributed by atoms with Crippen molar-refractivity contribution in [2.45, 2.75) is 6.54 Å². The first-order chi connectivity index (χ1) is 9.74. The molecule has 1 aromatic heterocycles. The number of rotatable bonds is 3. The number of nitrogens with zero attached hydrogens (tertiary/aromatic N) is 2. The first-order valence-corrected chi connectivity index (χ1v) is 6.54. The second-order valence-corrected chi connectivity index (χ2v) is 4.76. The molecule has 0 aliphatic carbocycles. The number of anilines is 1. The van der Waals surface area contributed by atoms with E-state index in [1.54, 1.807) is 12.1 Å². The monoisotopic (exact) mass is 285 g/mol. The van der Waals surface area contributed by atoms with Crippen molar-refractivity contribution in [3.05, 3.63) is 59.2 Å². The Hall–Kier alpha value is -2.33. The normalized spacial score (nSPS) is 10.7. The Labute approximate surface area is 121 Å². The number of nitrogens with one attached hydrogen (secondary N) is 1. The highest BCUT2D eigenvalue weighted by Gasteiger charge is 2.06. The summed E-state index contributed by atoms with van der Waals surface area (Å²) >= 11 is 6.03. The molecule has 20 heavy (non-hydrogen) atoms. The average molecular weight is 286 g/mol. The van der Waals surface area contributed by atoms with E-state index in [1.165, 1.54) is 0 Å². The highest BCUT2D eigenvalue weighted by Crippen LogP contribution is 2.25. The van der Waals surface area contributed by atoms with Crippen LogP contribution in [-0.4, -0.2) is 15.3 Å². The Kier molecular flexibility index (Phi) is 3.39. The van der Waals surface area contributed by atoms with Crippen molar-refractivity contribution in [3.63, 3.8) is 0 Å². The molecular weight excluding hydrogens is 274 g/mol. The molecule has 2 aromatic carbocycles. The van der Waals surface area contributed by atoms with Crippen molar-refractivity contribution >= 4 is 28.2 Å². The van der Waals surface area contributed by atoms with Gasteiger partial charge in [-0.25, -0.2) is 0 Å². The van der Waals surface area contributed by atoms with Gasteiger partial charge in [0.15, 0.2) is 11.0 Å². The molecule has 0 aliphatic heterocycles. The summed E-state index contributed by atoms with van der Waals surface area (Å²) < 4.78 is 0. The maximum Gasteiger partial charge on any atom is 0.159 e. The second kappa shape index (κ2) is 5.35. The van der Waals surface area contributed by atoms with E-state index in [1.807, 2.05) is 36.4 Å². The van der Waals surface area contributed by atoms with Gasteiger partial charge in [0.25, 0.3) is 0 Å². The molecule has 0 saturated carbocycles. The fraction of sp³-hybridized carbons (Fsp3) is 0.0667. The lowest BCUT2D eigenvalue weighted by Gasteiger charge is -2.08. The summed E-state index contributed by atoms with van der Waals surface area (Å²) in [4.78, 5) is 0. The number of fused-ring (bicyclic) bond motifs is 1. The molecule has 3 rings (SSSR count). The van der Waals surface area contributed by atoms with Crippen molar-refractivity contribution in [2.75, 3.05) is 5.32 Å². The predicted molar refractivity (Wildman–Crippen MR) is 80.0 cm³/mol. The van der Waals surface area contributed by atoms with Gasteiger partial charge in [-0.05, 0) is 17.7 Å². The summed E-state index contributed by atoms with van der Waals surface area (Å²) in [7, 11) is 0. The van der Waals surface area contributed by atoms with Crippen molar-refractivity contribution in [1.82, 2.24) is 10.2 Å². The third kappa shape index (κ3) is 2.51. The number of benzene rings is 2. The highest BCUT2D eigenvalue weighted by atomic mass is 35.5. The molecule has 5 heteroatoms. The van der Waals surface area contributed by atoms with Gasteiger partial charge in [-0.3, -0.25) is 0 Å². The van der Waals surface area contributed by atoms with Crippen LogP contribution in [0.1, 0.15) is 5.56 Å².